The second-order valence-corrected chi connectivity index (χ2v) is 11.0. The molecule has 0 saturated carbocycles. The summed E-state index contributed by atoms with van der Waals surface area (Å²) in [5.41, 5.74) is 4.34. The molecule has 0 aliphatic heterocycles. The zero-order chi connectivity index (χ0) is 34.1. The van der Waals surface area contributed by atoms with Crippen molar-refractivity contribution in [1.29, 1.82) is 0 Å². The first-order valence-corrected chi connectivity index (χ1v) is 13.9. The van der Waals surface area contributed by atoms with Crippen LogP contribution in [-0.4, -0.2) is 19.9 Å². The van der Waals surface area contributed by atoms with Crippen LogP contribution in [0.2, 0.25) is 0 Å². The molecule has 5 nitrogen and oxygen atoms in total. The number of hydrogen-bond acceptors (Lipinski definition) is 5. The van der Waals surface area contributed by atoms with E-state index in [0.717, 1.165) is 33.2 Å². The monoisotopic (exact) mass is 758 g/mol. The summed E-state index contributed by atoms with van der Waals surface area (Å²) in [6.07, 6.45) is 4.60. The summed E-state index contributed by atoms with van der Waals surface area (Å²) < 4.78 is 47.1. The maximum Gasteiger partial charge on any atom is 0.160 e. The number of nitrogens with zero attached hydrogens (tertiary/aromatic N) is 4. The van der Waals surface area contributed by atoms with E-state index in [9.17, 15) is 0 Å². The molecule has 0 unspecified atom stereocenters. The Bertz CT molecular complexity index is 2120. The predicted molar refractivity (Wildman–Crippen MR) is 173 cm³/mol. The Morgan fingerprint density at radius 1 is 0.795 bits per heavy atom. The normalized spacial score (nSPS) is 13.4. The molecule has 0 spiro atoms. The summed E-state index contributed by atoms with van der Waals surface area (Å²) in [6, 6.07) is 32.7. The second-order valence-electron chi connectivity index (χ2n) is 11.0. The van der Waals surface area contributed by atoms with Gasteiger partial charge in [0.25, 0.3) is 0 Å². The standard InChI is InChI=1S/C23H22NO.C15H10N3.Ir/c1-15-14-24-20(12-16(15)13-23(2,3)4)19-10-7-9-18-17-8-5-6-11-21(17)25-22(18)19;1-2-5-12(6-3-1)14-8-7-13(11-18-14)15-16-9-4-10-17-15;/h5-9,11-12,14H,13H2,1-4H3;1-5,7-11H;/q2*-1;/i1D3,13D2;;. The SMILES string of the molecule is [2H]C([2H])([2H])c1cnc(-c2[c-]ccc3c2oc2ccccc23)cc1C([2H])([2H])C(C)(C)C.[Ir].[c-]1ccccc1-c1ccc(-c2ncccn2)cn1. The molecule has 0 bridgehead atoms. The predicted octanol–water partition coefficient (Wildman–Crippen LogP) is 9.35. The summed E-state index contributed by atoms with van der Waals surface area (Å²) in [5, 5.41) is 1.87. The molecular weight excluding hydrogens is 721 g/mol. The van der Waals surface area contributed by atoms with Crippen molar-refractivity contribution >= 4 is 21.9 Å². The average molecular weight is 758 g/mol. The van der Waals surface area contributed by atoms with Gasteiger partial charge in [-0.25, -0.2) is 9.97 Å². The van der Waals surface area contributed by atoms with Crippen molar-refractivity contribution in [1.82, 2.24) is 19.9 Å². The van der Waals surface area contributed by atoms with E-state index in [1.54, 1.807) is 51.5 Å². The van der Waals surface area contributed by atoms with E-state index in [-0.39, 0.29) is 31.2 Å². The summed E-state index contributed by atoms with van der Waals surface area (Å²) in [7, 11) is 0. The maximum atomic E-state index is 8.70. The molecule has 0 N–H and O–H groups in total. The van der Waals surface area contributed by atoms with Crippen molar-refractivity contribution in [2.45, 2.75) is 34.0 Å². The molecule has 7 rings (SSSR count). The number of hydrogen-bond donors (Lipinski definition) is 0. The fourth-order valence-electron chi connectivity index (χ4n) is 4.67. The van der Waals surface area contributed by atoms with Crippen LogP contribution in [-0.2, 0) is 26.5 Å². The third-order valence-electron chi connectivity index (χ3n) is 6.58. The van der Waals surface area contributed by atoms with Crippen molar-refractivity contribution in [2.75, 3.05) is 0 Å². The van der Waals surface area contributed by atoms with Crippen LogP contribution >= 0.6 is 0 Å². The molecule has 0 amide bonds. The fraction of sp³-hybridized carbons (Fsp3) is 0.158. The van der Waals surface area contributed by atoms with Gasteiger partial charge in [0.05, 0.1) is 5.58 Å². The zero-order valence-electron chi connectivity index (χ0n) is 29.4. The van der Waals surface area contributed by atoms with Gasteiger partial charge in [0.1, 0.15) is 5.58 Å². The van der Waals surface area contributed by atoms with Crippen molar-refractivity contribution in [3.63, 3.8) is 0 Å². The Morgan fingerprint density at radius 2 is 1.59 bits per heavy atom. The second kappa shape index (κ2) is 13.4. The third-order valence-corrected chi connectivity index (χ3v) is 6.58. The van der Waals surface area contributed by atoms with Gasteiger partial charge in [0, 0.05) is 62.7 Å². The van der Waals surface area contributed by atoms with Gasteiger partial charge in [-0.15, -0.1) is 54.1 Å². The van der Waals surface area contributed by atoms with Gasteiger partial charge in [-0.3, -0.25) is 0 Å². The Hall–Kier alpha value is -4.51. The van der Waals surface area contributed by atoms with Crippen LogP contribution in [0.3, 0.4) is 0 Å². The first-order valence-electron chi connectivity index (χ1n) is 16.4. The number of furan rings is 1. The van der Waals surface area contributed by atoms with Gasteiger partial charge in [-0.05, 0) is 47.7 Å². The fourth-order valence-corrected chi connectivity index (χ4v) is 4.67. The number of aryl methyl sites for hydroxylation is 1. The van der Waals surface area contributed by atoms with Crippen LogP contribution in [0.25, 0.3) is 55.8 Å². The topological polar surface area (TPSA) is 64.7 Å². The number of fused-ring (bicyclic) bond motifs is 3. The first-order chi connectivity index (χ1) is 22.8. The van der Waals surface area contributed by atoms with Gasteiger partial charge in [0.15, 0.2) is 5.82 Å². The molecule has 0 fully saturated rings. The molecule has 7 aromatic rings. The molecule has 6 heteroatoms. The van der Waals surface area contributed by atoms with Gasteiger partial charge in [0.2, 0.25) is 0 Å². The van der Waals surface area contributed by atoms with Crippen molar-refractivity contribution in [3.8, 4) is 33.9 Å². The van der Waals surface area contributed by atoms with Crippen LogP contribution < -0.4 is 0 Å². The van der Waals surface area contributed by atoms with Crippen molar-refractivity contribution in [3.05, 3.63) is 133 Å². The number of para-hydroxylation sites is 1. The Kier molecular flexibility index (Phi) is 7.59. The van der Waals surface area contributed by atoms with E-state index in [1.165, 1.54) is 12.3 Å². The molecule has 0 aliphatic carbocycles. The maximum absolute atomic E-state index is 8.70. The summed E-state index contributed by atoms with van der Waals surface area (Å²) >= 11 is 0. The van der Waals surface area contributed by atoms with Crippen LogP contribution in [0.15, 0.2) is 114 Å². The first kappa shape index (κ1) is 24.9. The summed E-state index contributed by atoms with van der Waals surface area (Å²) in [5.74, 6) is 0.689. The van der Waals surface area contributed by atoms with Crippen molar-refractivity contribution < 1.29 is 31.4 Å². The molecule has 0 saturated heterocycles. The summed E-state index contributed by atoms with van der Waals surface area (Å²) in [6.45, 7) is 2.78. The molecule has 3 aromatic carbocycles. The molecule has 0 aliphatic rings. The van der Waals surface area contributed by atoms with E-state index in [0.29, 0.717) is 22.7 Å². The minimum Gasteiger partial charge on any atom is -0.501 e. The summed E-state index contributed by atoms with van der Waals surface area (Å²) in [4.78, 5) is 17.2. The van der Waals surface area contributed by atoms with Crippen LogP contribution in [0.5, 0.6) is 0 Å². The van der Waals surface area contributed by atoms with Crippen LogP contribution in [0.1, 0.15) is 38.8 Å². The van der Waals surface area contributed by atoms with Gasteiger partial charge in [-0.1, -0.05) is 73.7 Å². The number of rotatable bonds is 4. The van der Waals surface area contributed by atoms with Gasteiger partial charge >= 0.3 is 0 Å². The molecule has 0 atom stereocenters. The Balaban J connectivity index is 0.000000210. The van der Waals surface area contributed by atoms with Crippen LogP contribution in [0, 0.1) is 24.4 Å². The number of pyridine rings is 2. The zero-order valence-corrected chi connectivity index (χ0v) is 26.8. The minimum atomic E-state index is -2.48. The molecule has 4 heterocycles. The minimum absolute atomic E-state index is 0. The molecular formula is C38H32IrN4O-2. The average Bonchev–Trinajstić information content (AvgIpc) is 3.47. The van der Waals surface area contributed by atoms with Gasteiger partial charge < -0.3 is 14.4 Å². The van der Waals surface area contributed by atoms with E-state index in [1.807, 2.05) is 66.7 Å². The van der Waals surface area contributed by atoms with Crippen LogP contribution in [0.4, 0.5) is 0 Å². The molecule has 44 heavy (non-hydrogen) atoms. The van der Waals surface area contributed by atoms with E-state index < -0.39 is 18.6 Å². The Labute approximate surface area is 278 Å². The largest absolute Gasteiger partial charge is 0.501 e. The number of benzene rings is 3. The third kappa shape index (κ3) is 6.99. The van der Waals surface area contributed by atoms with E-state index >= 15 is 0 Å². The quantitative estimate of drug-likeness (QED) is 0.168. The van der Waals surface area contributed by atoms with E-state index in [4.69, 9.17) is 11.3 Å². The molecule has 221 valence electrons. The smallest absolute Gasteiger partial charge is 0.160 e. The van der Waals surface area contributed by atoms with E-state index in [2.05, 4.69) is 32.1 Å². The van der Waals surface area contributed by atoms with Gasteiger partial charge in [-0.2, -0.15) is 0 Å². The van der Waals surface area contributed by atoms with Crippen molar-refractivity contribution in [2.24, 2.45) is 5.41 Å². The molecule has 4 aromatic heterocycles. The number of aromatic nitrogens is 4. The molecule has 1 radical (unpaired) electrons. The Morgan fingerprint density at radius 3 is 2.32 bits per heavy atom.